The first-order chi connectivity index (χ1) is 10.2. The molecule has 0 saturated heterocycles. The highest BCUT2D eigenvalue weighted by Gasteiger charge is 2.16. The van der Waals surface area contributed by atoms with Gasteiger partial charge in [-0.3, -0.25) is 4.79 Å². The van der Waals surface area contributed by atoms with E-state index in [2.05, 4.69) is 16.8 Å². The Morgan fingerprint density at radius 1 is 1.29 bits per heavy atom. The molecule has 114 valence electrons. The zero-order chi connectivity index (χ0) is 15.5. The van der Waals surface area contributed by atoms with E-state index >= 15 is 0 Å². The number of ether oxygens (including phenoxy) is 2. The van der Waals surface area contributed by atoms with Crippen molar-refractivity contribution in [3.63, 3.8) is 0 Å². The van der Waals surface area contributed by atoms with Gasteiger partial charge in [-0.2, -0.15) is 0 Å². The summed E-state index contributed by atoms with van der Waals surface area (Å²) < 4.78 is 10.0. The van der Waals surface area contributed by atoms with Crippen LogP contribution in [0.4, 0.5) is 0 Å². The molecule has 2 N–H and O–H groups in total. The van der Waals surface area contributed by atoms with Crippen LogP contribution in [0.2, 0.25) is 0 Å². The third kappa shape index (κ3) is 5.92. The molecule has 1 amide bonds. The van der Waals surface area contributed by atoms with Gasteiger partial charge in [0.25, 0.3) is 5.91 Å². The van der Waals surface area contributed by atoms with Crippen LogP contribution in [0.5, 0.6) is 0 Å². The predicted octanol–water partition coefficient (Wildman–Crippen LogP) is 0.127. The lowest BCUT2D eigenvalue weighted by atomic mass is 10.2. The van der Waals surface area contributed by atoms with Crippen molar-refractivity contribution in [1.82, 2.24) is 9.88 Å². The van der Waals surface area contributed by atoms with Crippen molar-refractivity contribution in [3.8, 4) is 11.8 Å². The molecule has 0 radical (unpaired) electrons. The molecule has 6 nitrogen and oxygen atoms in total. The van der Waals surface area contributed by atoms with Crippen molar-refractivity contribution in [2.24, 2.45) is 5.73 Å². The summed E-state index contributed by atoms with van der Waals surface area (Å²) in [5, 5.41) is 0. The Hall–Kier alpha value is -1.94. The minimum Gasteiger partial charge on any atom is -0.383 e. The van der Waals surface area contributed by atoms with Gasteiger partial charge in [-0.25, -0.2) is 4.98 Å². The summed E-state index contributed by atoms with van der Waals surface area (Å²) in [5.41, 5.74) is 6.42. The lowest BCUT2D eigenvalue weighted by Crippen LogP contribution is -2.36. The molecular weight excluding hydrogens is 270 g/mol. The maximum atomic E-state index is 12.4. The first-order valence-corrected chi connectivity index (χ1v) is 6.65. The van der Waals surface area contributed by atoms with Gasteiger partial charge in [0, 0.05) is 39.1 Å². The maximum absolute atomic E-state index is 12.4. The monoisotopic (exact) mass is 291 g/mol. The summed E-state index contributed by atoms with van der Waals surface area (Å²) in [6.07, 6.45) is 1.57. The SMILES string of the molecule is COCCN(CCOC)C(=O)c1ccc(C#CCN)cn1. The lowest BCUT2D eigenvalue weighted by Gasteiger charge is -2.21. The van der Waals surface area contributed by atoms with Crippen molar-refractivity contribution < 1.29 is 14.3 Å². The number of pyridine rings is 1. The zero-order valence-corrected chi connectivity index (χ0v) is 12.5. The van der Waals surface area contributed by atoms with Crippen LogP contribution in [0.3, 0.4) is 0 Å². The van der Waals surface area contributed by atoms with Gasteiger partial charge in [0.2, 0.25) is 0 Å². The number of nitrogens with zero attached hydrogens (tertiary/aromatic N) is 2. The average Bonchev–Trinajstić information content (AvgIpc) is 2.53. The molecule has 1 rings (SSSR count). The van der Waals surface area contributed by atoms with Crippen LogP contribution < -0.4 is 5.73 Å². The molecule has 0 aliphatic carbocycles. The average molecular weight is 291 g/mol. The van der Waals surface area contributed by atoms with Gasteiger partial charge >= 0.3 is 0 Å². The van der Waals surface area contributed by atoms with Crippen molar-refractivity contribution in [1.29, 1.82) is 0 Å². The summed E-state index contributed by atoms with van der Waals surface area (Å²) >= 11 is 0. The molecule has 0 spiro atoms. The van der Waals surface area contributed by atoms with Gasteiger partial charge in [-0.1, -0.05) is 11.8 Å². The molecule has 0 bridgehead atoms. The Labute approximate surface area is 125 Å². The highest BCUT2D eigenvalue weighted by molar-refractivity contribution is 5.92. The van der Waals surface area contributed by atoms with E-state index in [0.717, 1.165) is 5.56 Å². The van der Waals surface area contributed by atoms with Gasteiger partial charge in [0.05, 0.1) is 19.8 Å². The number of carbonyl (C=O) groups excluding carboxylic acids is 1. The van der Waals surface area contributed by atoms with Crippen molar-refractivity contribution >= 4 is 5.91 Å². The van der Waals surface area contributed by atoms with Crippen LogP contribution in [-0.4, -0.2) is 62.9 Å². The van der Waals surface area contributed by atoms with Crippen LogP contribution in [0, 0.1) is 11.8 Å². The molecule has 6 heteroatoms. The van der Waals surface area contributed by atoms with E-state index in [0.29, 0.717) is 38.5 Å². The number of nitrogens with two attached hydrogens (primary N) is 1. The molecule has 0 unspecified atom stereocenters. The smallest absolute Gasteiger partial charge is 0.272 e. The summed E-state index contributed by atoms with van der Waals surface area (Å²) in [4.78, 5) is 18.2. The van der Waals surface area contributed by atoms with E-state index in [-0.39, 0.29) is 5.91 Å². The van der Waals surface area contributed by atoms with Crippen molar-refractivity contribution in [2.45, 2.75) is 0 Å². The Morgan fingerprint density at radius 2 is 1.95 bits per heavy atom. The number of rotatable bonds is 7. The largest absolute Gasteiger partial charge is 0.383 e. The van der Waals surface area contributed by atoms with E-state index in [9.17, 15) is 4.79 Å². The fraction of sp³-hybridized carbons (Fsp3) is 0.467. The molecule has 0 aromatic carbocycles. The molecule has 21 heavy (non-hydrogen) atoms. The molecule has 1 aromatic heterocycles. The third-order valence-electron chi connectivity index (χ3n) is 2.74. The van der Waals surface area contributed by atoms with Gasteiger partial charge in [-0.15, -0.1) is 0 Å². The molecule has 0 atom stereocenters. The normalized spacial score (nSPS) is 9.86. The minimum atomic E-state index is -0.151. The summed E-state index contributed by atoms with van der Waals surface area (Å²) in [7, 11) is 3.20. The van der Waals surface area contributed by atoms with E-state index in [1.807, 2.05) is 0 Å². The number of carbonyl (C=O) groups is 1. The molecule has 1 aromatic rings. The molecular formula is C15H21N3O3. The number of amides is 1. The first-order valence-electron chi connectivity index (χ1n) is 6.65. The quantitative estimate of drug-likeness (QED) is 0.722. The highest BCUT2D eigenvalue weighted by Crippen LogP contribution is 2.04. The fourth-order valence-electron chi connectivity index (χ4n) is 1.63. The predicted molar refractivity (Wildman–Crippen MR) is 79.8 cm³/mol. The van der Waals surface area contributed by atoms with Gasteiger partial charge in [0.15, 0.2) is 0 Å². The minimum absolute atomic E-state index is 0.151. The lowest BCUT2D eigenvalue weighted by molar-refractivity contribution is 0.0622. The first kappa shape index (κ1) is 17.1. The second-order valence-electron chi connectivity index (χ2n) is 4.22. The summed E-state index contributed by atoms with van der Waals surface area (Å²) in [6, 6.07) is 3.42. The van der Waals surface area contributed by atoms with Gasteiger partial charge in [0.1, 0.15) is 5.69 Å². The molecule has 0 fully saturated rings. The van der Waals surface area contributed by atoms with Crippen LogP contribution in [0.25, 0.3) is 0 Å². The van der Waals surface area contributed by atoms with Crippen LogP contribution >= 0.6 is 0 Å². The van der Waals surface area contributed by atoms with Crippen molar-refractivity contribution in [2.75, 3.05) is 47.1 Å². The van der Waals surface area contributed by atoms with E-state index < -0.39 is 0 Å². The Morgan fingerprint density at radius 3 is 2.43 bits per heavy atom. The summed E-state index contributed by atoms with van der Waals surface area (Å²) in [5.74, 6) is 5.46. The molecule has 0 saturated carbocycles. The van der Waals surface area contributed by atoms with Crippen LogP contribution in [0.1, 0.15) is 16.1 Å². The number of hydrogen-bond acceptors (Lipinski definition) is 5. The summed E-state index contributed by atoms with van der Waals surface area (Å²) in [6.45, 7) is 2.22. The maximum Gasteiger partial charge on any atom is 0.272 e. The van der Waals surface area contributed by atoms with E-state index in [1.165, 1.54) is 0 Å². The molecule has 0 aliphatic rings. The Balaban J connectivity index is 2.77. The van der Waals surface area contributed by atoms with Gasteiger partial charge < -0.3 is 20.1 Å². The Kier molecular flexibility index (Phi) is 8.05. The third-order valence-corrected chi connectivity index (χ3v) is 2.74. The van der Waals surface area contributed by atoms with Crippen molar-refractivity contribution in [3.05, 3.63) is 29.6 Å². The molecule has 0 aliphatic heterocycles. The number of aromatic nitrogens is 1. The number of methoxy groups -OCH3 is 2. The second-order valence-corrected chi connectivity index (χ2v) is 4.22. The number of hydrogen-bond donors (Lipinski definition) is 1. The Bertz CT molecular complexity index is 483. The van der Waals surface area contributed by atoms with E-state index in [4.69, 9.17) is 15.2 Å². The topological polar surface area (TPSA) is 77.7 Å². The van der Waals surface area contributed by atoms with E-state index in [1.54, 1.807) is 37.4 Å². The van der Waals surface area contributed by atoms with Crippen LogP contribution in [0.15, 0.2) is 18.3 Å². The highest BCUT2D eigenvalue weighted by atomic mass is 16.5. The van der Waals surface area contributed by atoms with Crippen LogP contribution in [-0.2, 0) is 9.47 Å². The fourth-order valence-corrected chi connectivity index (χ4v) is 1.63. The zero-order valence-electron chi connectivity index (χ0n) is 12.5. The standard InChI is InChI=1S/C15H21N3O3/c1-20-10-8-18(9-11-21-2)15(19)14-6-5-13(12-17-14)4-3-7-16/h5-6,12H,7-11,16H2,1-2H3. The molecule has 1 heterocycles. The van der Waals surface area contributed by atoms with Gasteiger partial charge in [-0.05, 0) is 12.1 Å². The second kappa shape index (κ2) is 9.88.